The van der Waals surface area contributed by atoms with Crippen molar-refractivity contribution in [1.29, 1.82) is 0 Å². The Balaban J connectivity index is 2.27. The van der Waals surface area contributed by atoms with E-state index < -0.39 is 0 Å². The van der Waals surface area contributed by atoms with E-state index in [-0.39, 0.29) is 5.56 Å². The first-order valence-electron chi connectivity index (χ1n) is 4.74. The number of fused-ring (bicyclic) bond motifs is 1. The molecule has 2 heterocycles. The van der Waals surface area contributed by atoms with Gasteiger partial charge < -0.3 is 4.52 Å². The summed E-state index contributed by atoms with van der Waals surface area (Å²) in [5.41, 5.74) is 1.25. The van der Waals surface area contributed by atoms with Gasteiger partial charge in [-0.2, -0.15) is 0 Å². The van der Waals surface area contributed by atoms with Crippen LogP contribution < -0.4 is 5.56 Å². The van der Waals surface area contributed by atoms with Gasteiger partial charge in [0.15, 0.2) is 5.82 Å². The van der Waals surface area contributed by atoms with Crippen molar-refractivity contribution >= 4 is 11.0 Å². The van der Waals surface area contributed by atoms with Gasteiger partial charge in [0, 0.05) is 6.07 Å². The zero-order valence-corrected chi connectivity index (χ0v) is 8.20. The van der Waals surface area contributed by atoms with E-state index in [1.807, 2.05) is 24.3 Å². The largest absolute Gasteiger partial charge is 0.378 e. The zero-order chi connectivity index (χ0) is 11.0. The molecule has 0 saturated carbocycles. The van der Waals surface area contributed by atoms with Gasteiger partial charge in [-0.15, -0.1) is 4.74 Å². The number of para-hydroxylation sites is 2. The molecule has 0 radical (unpaired) electrons. The molecule has 0 spiro atoms. The van der Waals surface area contributed by atoms with E-state index in [4.69, 9.17) is 4.52 Å². The molecule has 0 amide bonds. The van der Waals surface area contributed by atoms with Crippen molar-refractivity contribution in [1.82, 2.24) is 14.7 Å². The van der Waals surface area contributed by atoms with Crippen LogP contribution in [0.5, 0.6) is 0 Å². The monoisotopic (exact) mass is 213 g/mol. The fraction of sp³-hybridized carbons (Fsp3) is 0. The number of rotatable bonds is 1. The molecule has 1 aromatic carbocycles. The van der Waals surface area contributed by atoms with Crippen molar-refractivity contribution in [2.24, 2.45) is 0 Å². The first kappa shape index (κ1) is 8.84. The van der Waals surface area contributed by atoms with Crippen molar-refractivity contribution in [3.63, 3.8) is 0 Å². The molecule has 0 aliphatic rings. The summed E-state index contributed by atoms with van der Waals surface area (Å²) in [5, 5.41) is 0. The maximum atomic E-state index is 11.4. The lowest BCUT2D eigenvalue weighted by atomic mass is 10.3. The average molecular weight is 213 g/mol. The number of hydrogen-bond acceptors (Lipinski definition) is 4. The summed E-state index contributed by atoms with van der Waals surface area (Å²) in [6, 6.07) is 8.77. The smallest absolute Gasteiger partial charge is 0.288 e. The fourth-order valence-electron chi connectivity index (χ4n) is 1.48. The zero-order valence-electron chi connectivity index (χ0n) is 8.20. The van der Waals surface area contributed by atoms with Gasteiger partial charge in [0.2, 0.25) is 0 Å². The third-order valence-corrected chi connectivity index (χ3v) is 2.22. The van der Waals surface area contributed by atoms with E-state index in [1.54, 1.807) is 0 Å². The van der Waals surface area contributed by atoms with Gasteiger partial charge in [0.05, 0.1) is 17.2 Å². The molecule has 0 unspecified atom stereocenters. The van der Waals surface area contributed by atoms with Crippen LogP contribution >= 0.6 is 0 Å². The summed E-state index contributed by atoms with van der Waals surface area (Å²) in [4.78, 5) is 19.8. The predicted octanol–water partition coefficient (Wildman–Crippen LogP) is 1.37. The van der Waals surface area contributed by atoms with Gasteiger partial charge in [-0.1, -0.05) is 12.1 Å². The Labute approximate surface area is 89.9 Å². The summed E-state index contributed by atoms with van der Waals surface area (Å²) in [6.07, 6.45) is 2.83. The van der Waals surface area contributed by atoms with Crippen LogP contribution in [-0.2, 0) is 0 Å². The number of aromatic nitrogens is 3. The molecule has 5 nitrogen and oxygen atoms in total. The van der Waals surface area contributed by atoms with Crippen LogP contribution in [0, 0.1) is 0 Å². The topological polar surface area (TPSA) is 60.9 Å². The van der Waals surface area contributed by atoms with Gasteiger partial charge in [0.25, 0.3) is 5.56 Å². The Bertz CT molecular complexity index is 699. The van der Waals surface area contributed by atoms with Gasteiger partial charge in [-0.05, 0) is 12.1 Å². The van der Waals surface area contributed by atoms with Crippen LogP contribution in [0.25, 0.3) is 16.9 Å². The summed E-state index contributed by atoms with van der Waals surface area (Å²) in [7, 11) is 0. The molecule has 3 rings (SSSR count). The second kappa shape index (κ2) is 3.30. The van der Waals surface area contributed by atoms with E-state index in [9.17, 15) is 4.79 Å². The highest BCUT2D eigenvalue weighted by molar-refractivity contribution is 5.74. The standard InChI is InChI=1S/C11H7N3O2/c15-11-5-6-16-14(11)10-7-12-8-3-1-2-4-9(8)13-10/h1-7H. The van der Waals surface area contributed by atoms with Crippen LogP contribution in [0.1, 0.15) is 0 Å². The van der Waals surface area contributed by atoms with E-state index in [0.29, 0.717) is 5.82 Å². The Kier molecular flexibility index (Phi) is 1.83. The lowest BCUT2D eigenvalue weighted by molar-refractivity contribution is 0.334. The molecule has 5 heteroatoms. The Morgan fingerprint density at radius 2 is 1.94 bits per heavy atom. The fourth-order valence-corrected chi connectivity index (χ4v) is 1.48. The van der Waals surface area contributed by atoms with E-state index in [0.717, 1.165) is 15.8 Å². The maximum absolute atomic E-state index is 11.4. The average Bonchev–Trinajstić information content (AvgIpc) is 2.75. The molecular weight excluding hydrogens is 206 g/mol. The first-order valence-corrected chi connectivity index (χ1v) is 4.74. The minimum atomic E-state index is -0.260. The van der Waals surface area contributed by atoms with Crippen LogP contribution in [-0.4, -0.2) is 14.7 Å². The molecule has 16 heavy (non-hydrogen) atoms. The molecule has 0 N–H and O–H groups in total. The van der Waals surface area contributed by atoms with E-state index in [2.05, 4.69) is 9.97 Å². The van der Waals surface area contributed by atoms with Crippen molar-refractivity contribution in [2.75, 3.05) is 0 Å². The Hall–Kier alpha value is -2.43. The molecule has 78 valence electrons. The van der Waals surface area contributed by atoms with E-state index >= 15 is 0 Å². The highest BCUT2D eigenvalue weighted by Gasteiger charge is 2.05. The minimum absolute atomic E-state index is 0.260. The summed E-state index contributed by atoms with van der Waals surface area (Å²) in [6.45, 7) is 0. The summed E-state index contributed by atoms with van der Waals surface area (Å²) >= 11 is 0. The van der Waals surface area contributed by atoms with Crippen molar-refractivity contribution < 1.29 is 4.52 Å². The second-order valence-corrected chi connectivity index (χ2v) is 3.26. The molecule has 0 saturated heterocycles. The lowest BCUT2D eigenvalue weighted by Gasteiger charge is -2.00. The molecule has 3 aromatic rings. The minimum Gasteiger partial charge on any atom is -0.378 e. The lowest BCUT2D eigenvalue weighted by Crippen LogP contribution is -2.12. The second-order valence-electron chi connectivity index (χ2n) is 3.26. The van der Waals surface area contributed by atoms with Crippen molar-refractivity contribution in [2.45, 2.75) is 0 Å². The highest BCUT2D eigenvalue weighted by atomic mass is 16.5. The third kappa shape index (κ3) is 1.30. The van der Waals surface area contributed by atoms with Crippen LogP contribution in [0.3, 0.4) is 0 Å². The third-order valence-electron chi connectivity index (χ3n) is 2.22. The SMILES string of the molecule is O=c1ccon1-c1cnc2ccccc2n1. The quantitative estimate of drug-likeness (QED) is 0.612. The molecule has 0 aliphatic heterocycles. The summed E-state index contributed by atoms with van der Waals surface area (Å²) in [5.74, 6) is 0.383. The number of benzene rings is 1. The van der Waals surface area contributed by atoms with Gasteiger partial charge in [-0.3, -0.25) is 9.78 Å². The van der Waals surface area contributed by atoms with Crippen LogP contribution in [0.4, 0.5) is 0 Å². The normalized spacial score (nSPS) is 10.8. The number of hydrogen-bond donors (Lipinski definition) is 0. The molecular formula is C11H7N3O2. The van der Waals surface area contributed by atoms with Crippen molar-refractivity contribution in [3.8, 4) is 5.82 Å². The van der Waals surface area contributed by atoms with E-state index in [1.165, 1.54) is 18.5 Å². The highest BCUT2D eigenvalue weighted by Crippen LogP contribution is 2.09. The van der Waals surface area contributed by atoms with Crippen LogP contribution in [0.15, 0.2) is 52.1 Å². The first-order chi connectivity index (χ1) is 7.84. The van der Waals surface area contributed by atoms with Gasteiger partial charge in [-0.25, -0.2) is 4.98 Å². The Morgan fingerprint density at radius 1 is 1.12 bits per heavy atom. The van der Waals surface area contributed by atoms with Gasteiger partial charge in [0.1, 0.15) is 6.26 Å². The summed E-state index contributed by atoms with van der Waals surface area (Å²) < 4.78 is 6.10. The Morgan fingerprint density at radius 3 is 2.69 bits per heavy atom. The molecule has 0 atom stereocenters. The molecule has 2 aromatic heterocycles. The molecule has 0 fully saturated rings. The number of nitrogens with zero attached hydrogens (tertiary/aromatic N) is 3. The molecule has 0 aliphatic carbocycles. The maximum Gasteiger partial charge on any atom is 0.288 e. The van der Waals surface area contributed by atoms with Gasteiger partial charge >= 0.3 is 0 Å². The van der Waals surface area contributed by atoms with Crippen LogP contribution in [0.2, 0.25) is 0 Å². The van der Waals surface area contributed by atoms with Crippen molar-refractivity contribution in [3.05, 3.63) is 53.1 Å². The predicted molar refractivity (Wildman–Crippen MR) is 57.4 cm³/mol. The molecule has 0 bridgehead atoms.